The molecule has 1 heterocycles. The van der Waals surface area contributed by atoms with Crippen LogP contribution in [0.4, 0.5) is 4.79 Å². The third-order valence-electron chi connectivity index (χ3n) is 2.27. The molecule has 6 heteroatoms. The van der Waals surface area contributed by atoms with Crippen LogP contribution in [0.1, 0.15) is 12.8 Å². The number of nitrogens with one attached hydrogen (secondary N) is 2. The second-order valence-corrected chi connectivity index (χ2v) is 3.17. The maximum absolute atomic E-state index is 10.4. The molecular weight excluding hydrogens is 206 g/mol. The average molecular weight is 220 g/mol. The molecule has 0 aromatic carbocycles. The predicted octanol–water partition coefficient (Wildman–Crippen LogP) is 0.568. The van der Waals surface area contributed by atoms with Crippen molar-refractivity contribution in [2.75, 3.05) is 13.1 Å². The van der Waals surface area contributed by atoms with Crippen molar-refractivity contribution < 1.29 is 9.90 Å². The third-order valence-corrected chi connectivity index (χ3v) is 2.27. The Morgan fingerprint density at radius 1 is 1.71 bits per heavy atom. The first-order valence-corrected chi connectivity index (χ1v) is 4.31. The van der Waals surface area contributed by atoms with Crippen LogP contribution in [0.3, 0.4) is 0 Å². The first-order valence-electron chi connectivity index (χ1n) is 4.31. The molecule has 3 N–H and O–H groups in total. The van der Waals surface area contributed by atoms with Gasteiger partial charge < -0.3 is 15.7 Å². The molecule has 0 aromatic rings. The normalized spacial score (nSPS) is 25.6. The molecule has 1 saturated heterocycles. The minimum absolute atomic E-state index is 0. The molecule has 0 saturated carbocycles. The van der Waals surface area contributed by atoms with Crippen LogP contribution in [0.15, 0.2) is 0 Å². The Morgan fingerprint density at radius 2 is 2.43 bits per heavy atom. The first-order chi connectivity index (χ1) is 6.24. The lowest BCUT2D eigenvalue weighted by atomic mass is 9.91. The maximum atomic E-state index is 10.4. The standard InChI is InChI=1S/C8H13N3O2.ClH/c9-3-1-6-5-10-4-2-7(6)11-8(12)13;/h6-7,10-11H,1-2,4-5H2,(H,12,13);1H/t6-,7+;/m0./s1. The summed E-state index contributed by atoms with van der Waals surface area (Å²) in [5.41, 5.74) is 0. The van der Waals surface area contributed by atoms with E-state index < -0.39 is 6.09 Å². The molecule has 2 atom stereocenters. The molecule has 5 nitrogen and oxygen atoms in total. The number of amides is 1. The Balaban J connectivity index is 0.00000169. The highest BCUT2D eigenvalue weighted by atomic mass is 35.5. The van der Waals surface area contributed by atoms with Crippen molar-refractivity contribution in [2.24, 2.45) is 5.92 Å². The van der Waals surface area contributed by atoms with E-state index in [-0.39, 0.29) is 24.4 Å². The summed E-state index contributed by atoms with van der Waals surface area (Å²) < 4.78 is 0. The molecule has 0 aliphatic carbocycles. The van der Waals surface area contributed by atoms with Crippen LogP contribution in [-0.4, -0.2) is 30.3 Å². The van der Waals surface area contributed by atoms with Crippen molar-refractivity contribution in [3.63, 3.8) is 0 Å². The van der Waals surface area contributed by atoms with Gasteiger partial charge in [-0.2, -0.15) is 5.26 Å². The van der Waals surface area contributed by atoms with E-state index in [4.69, 9.17) is 10.4 Å². The number of nitrogens with zero attached hydrogens (tertiary/aromatic N) is 1. The van der Waals surface area contributed by atoms with Crippen molar-refractivity contribution in [3.8, 4) is 6.07 Å². The number of rotatable bonds is 2. The SMILES string of the molecule is Cl.N#CC[C@H]1CNCC[C@H]1NC(=O)O. The molecule has 14 heavy (non-hydrogen) atoms. The lowest BCUT2D eigenvalue weighted by Gasteiger charge is -2.30. The van der Waals surface area contributed by atoms with Gasteiger partial charge >= 0.3 is 6.09 Å². The van der Waals surface area contributed by atoms with Crippen LogP contribution in [-0.2, 0) is 0 Å². The molecule has 0 unspecified atom stereocenters. The van der Waals surface area contributed by atoms with Gasteiger partial charge in [-0.15, -0.1) is 12.4 Å². The first kappa shape index (κ1) is 13.0. The van der Waals surface area contributed by atoms with Crippen molar-refractivity contribution in [1.82, 2.24) is 10.6 Å². The second-order valence-electron chi connectivity index (χ2n) is 3.17. The highest BCUT2D eigenvalue weighted by Crippen LogP contribution is 2.14. The summed E-state index contributed by atoms with van der Waals surface area (Å²) in [6.07, 6.45) is 0.159. The molecule has 1 amide bonds. The van der Waals surface area contributed by atoms with Crippen molar-refractivity contribution in [3.05, 3.63) is 0 Å². The van der Waals surface area contributed by atoms with Crippen molar-refractivity contribution in [1.29, 1.82) is 5.26 Å². The summed E-state index contributed by atoms with van der Waals surface area (Å²) in [5, 5.41) is 22.6. The van der Waals surface area contributed by atoms with Gasteiger partial charge in [-0.25, -0.2) is 4.79 Å². The minimum Gasteiger partial charge on any atom is -0.465 e. The van der Waals surface area contributed by atoms with Crippen LogP contribution in [0.25, 0.3) is 0 Å². The van der Waals surface area contributed by atoms with E-state index in [1.54, 1.807) is 0 Å². The van der Waals surface area contributed by atoms with Gasteiger partial charge in [-0.3, -0.25) is 0 Å². The molecular formula is C8H14ClN3O2. The maximum Gasteiger partial charge on any atom is 0.404 e. The van der Waals surface area contributed by atoms with Gasteiger partial charge in [-0.05, 0) is 13.0 Å². The molecule has 0 spiro atoms. The number of halogens is 1. The fourth-order valence-electron chi connectivity index (χ4n) is 1.60. The van der Waals surface area contributed by atoms with E-state index in [9.17, 15) is 4.79 Å². The van der Waals surface area contributed by atoms with Gasteiger partial charge in [0.15, 0.2) is 0 Å². The Bertz CT molecular complexity index is 229. The number of nitriles is 1. The fourth-order valence-corrected chi connectivity index (χ4v) is 1.60. The molecule has 1 aliphatic heterocycles. The molecule has 0 radical (unpaired) electrons. The number of hydrogen-bond acceptors (Lipinski definition) is 3. The van der Waals surface area contributed by atoms with E-state index in [0.29, 0.717) is 6.42 Å². The molecule has 1 fully saturated rings. The third kappa shape index (κ3) is 3.81. The van der Waals surface area contributed by atoms with Crippen LogP contribution in [0.2, 0.25) is 0 Å². The summed E-state index contributed by atoms with van der Waals surface area (Å²) in [6.45, 7) is 1.53. The molecule has 1 rings (SSSR count). The Labute approximate surface area is 88.9 Å². The quantitative estimate of drug-likeness (QED) is 0.634. The van der Waals surface area contributed by atoms with Gasteiger partial charge in [0.2, 0.25) is 0 Å². The largest absolute Gasteiger partial charge is 0.465 e. The number of carboxylic acid groups (broad SMARTS) is 1. The van der Waals surface area contributed by atoms with Gasteiger partial charge in [0, 0.05) is 24.9 Å². The van der Waals surface area contributed by atoms with Crippen molar-refractivity contribution in [2.45, 2.75) is 18.9 Å². The summed E-state index contributed by atoms with van der Waals surface area (Å²) in [6, 6.07) is 2.00. The van der Waals surface area contributed by atoms with Gasteiger partial charge in [-0.1, -0.05) is 0 Å². The monoisotopic (exact) mass is 219 g/mol. The fraction of sp³-hybridized carbons (Fsp3) is 0.750. The van der Waals surface area contributed by atoms with Gasteiger partial charge in [0.1, 0.15) is 0 Å². The van der Waals surface area contributed by atoms with E-state index >= 15 is 0 Å². The summed E-state index contributed by atoms with van der Waals surface area (Å²) >= 11 is 0. The topological polar surface area (TPSA) is 85.2 Å². The highest BCUT2D eigenvalue weighted by Gasteiger charge is 2.25. The summed E-state index contributed by atoms with van der Waals surface area (Å²) in [7, 11) is 0. The lowest BCUT2D eigenvalue weighted by Crippen LogP contribution is -2.49. The van der Waals surface area contributed by atoms with Gasteiger partial charge in [0.05, 0.1) is 6.07 Å². The molecule has 0 bridgehead atoms. The van der Waals surface area contributed by atoms with E-state index in [1.807, 2.05) is 0 Å². The van der Waals surface area contributed by atoms with Crippen LogP contribution in [0, 0.1) is 17.2 Å². The minimum atomic E-state index is -1.00. The molecule has 80 valence electrons. The Morgan fingerprint density at radius 3 is 3.00 bits per heavy atom. The van der Waals surface area contributed by atoms with Crippen LogP contribution < -0.4 is 10.6 Å². The molecule has 0 aromatic heterocycles. The number of carbonyl (C=O) groups is 1. The van der Waals surface area contributed by atoms with Crippen molar-refractivity contribution >= 4 is 18.5 Å². The Kier molecular flexibility index (Phi) is 6.00. The summed E-state index contributed by atoms with van der Waals surface area (Å²) in [5.74, 6) is 0.106. The predicted molar refractivity (Wildman–Crippen MR) is 53.4 cm³/mol. The lowest BCUT2D eigenvalue weighted by molar-refractivity contribution is 0.178. The summed E-state index contributed by atoms with van der Waals surface area (Å²) in [4.78, 5) is 10.4. The van der Waals surface area contributed by atoms with Gasteiger partial charge in [0.25, 0.3) is 0 Å². The van der Waals surface area contributed by atoms with E-state index in [2.05, 4.69) is 16.7 Å². The zero-order valence-electron chi connectivity index (χ0n) is 7.69. The second kappa shape index (κ2) is 6.46. The van der Waals surface area contributed by atoms with Crippen LogP contribution in [0.5, 0.6) is 0 Å². The van der Waals surface area contributed by atoms with E-state index in [0.717, 1.165) is 19.5 Å². The highest BCUT2D eigenvalue weighted by molar-refractivity contribution is 5.85. The number of hydrogen-bond donors (Lipinski definition) is 3. The van der Waals surface area contributed by atoms with E-state index in [1.165, 1.54) is 0 Å². The Hall–Kier alpha value is -0.990. The molecule has 1 aliphatic rings. The zero-order valence-corrected chi connectivity index (χ0v) is 8.51. The van der Waals surface area contributed by atoms with Crippen LogP contribution >= 0.6 is 12.4 Å². The zero-order chi connectivity index (χ0) is 9.68. The average Bonchev–Trinajstić information content (AvgIpc) is 2.08. The smallest absolute Gasteiger partial charge is 0.404 e. The number of piperidine rings is 1.